The summed E-state index contributed by atoms with van der Waals surface area (Å²) in [4.78, 5) is 7.21. The topological polar surface area (TPSA) is 28.2 Å². The Morgan fingerprint density at radius 1 is 1.14 bits per heavy atom. The number of hydrogen-bond acceptors (Lipinski definition) is 3. The van der Waals surface area contributed by atoms with Gasteiger partial charge >= 0.3 is 0 Å². The molecule has 1 saturated heterocycles. The maximum Gasteiger partial charge on any atom is 0.0561 e. The van der Waals surface area contributed by atoms with Crippen molar-refractivity contribution < 1.29 is 0 Å². The lowest BCUT2D eigenvalue weighted by atomic mass is 9.88. The number of nitrogens with zero attached hydrogens (tertiary/aromatic N) is 2. The van der Waals surface area contributed by atoms with Crippen LogP contribution >= 0.6 is 0 Å². The third-order valence-corrected chi connectivity index (χ3v) is 4.42. The molecular formula is C18H23N3. The van der Waals surface area contributed by atoms with E-state index >= 15 is 0 Å². The van der Waals surface area contributed by atoms with E-state index in [4.69, 9.17) is 0 Å². The predicted octanol–water partition coefficient (Wildman–Crippen LogP) is 2.71. The van der Waals surface area contributed by atoms with Crippen molar-refractivity contribution in [2.24, 2.45) is 0 Å². The van der Waals surface area contributed by atoms with Gasteiger partial charge in [-0.1, -0.05) is 36.4 Å². The van der Waals surface area contributed by atoms with E-state index < -0.39 is 0 Å². The molecule has 1 aliphatic heterocycles. The molecule has 2 aromatic rings. The van der Waals surface area contributed by atoms with Crippen LogP contribution in [-0.2, 0) is 12.1 Å². The van der Waals surface area contributed by atoms with Gasteiger partial charge in [-0.05, 0) is 31.5 Å². The van der Waals surface area contributed by atoms with Gasteiger partial charge in [-0.25, -0.2) is 0 Å². The second-order valence-electron chi connectivity index (χ2n) is 6.01. The zero-order valence-corrected chi connectivity index (χ0v) is 12.8. The summed E-state index contributed by atoms with van der Waals surface area (Å²) in [6.07, 6.45) is 0. The Kier molecular flexibility index (Phi) is 4.04. The number of aromatic nitrogens is 1. The molecule has 1 atom stereocenters. The van der Waals surface area contributed by atoms with E-state index in [1.165, 1.54) is 5.56 Å². The van der Waals surface area contributed by atoms with E-state index in [0.29, 0.717) is 0 Å². The number of hydrogen-bond donors (Lipinski definition) is 1. The van der Waals surface area contributed by atoms with Crippen molar-refractivity contribution in [1.82, 2.24) is 15.2 Å². The summed E-state index contributed by atoms with van der Waals surface area (Å²) in [5, 5.41) is 3.54. The van der Waals surface area contributed by atoms with Gasteiger partial charge in [0.2, 0.25) is 0 Å². The molecule has 1 N–H and O–H groups in total. The van der Waals surface area contributed by atoms with Crippen LogP contribution in [0.15, 0.2) is 48.5 Å². The van der Waals surface area contributed by atoms with Gasteiger partial charge in [0.15, 0.2) is 0 Å². The van der Waals surface area contributed by atoms with Gasteiger partial charge in [0.1, 0.15) is 0 Å². The normalized spacial score (nSPS) is 23.1. The molecule has 1 aromatic carbocycles. The number of pyridine rings is 1. The van der Waals surface area contributed by atoms with Crippen LogP contribution in [0.4, 0.5) is 0 Å². The second kappa shape index (κ2) is 5.96. The Morgan fingerprint density at radius 3 is 2.71 bits per heavy atom. The lowest BCUT2D eigenvalue weighted by Crippen LogP contribution is -2.57. The molecule has 0 spiro atoms. The van der Waals surface area contributed by atoms with E-state index in [0.717, 1.165) is 37.6 Å². The summed E-state index contributed by atoms with van der Waals surface area (Å²) >= 11 is 0. The van der Waals surface area contributed by atoms with Gasteiger partial charge in [0.05, 0.1) is 11.2 Å². The van der Waals surface area contributed by atoms with Gasteiger partial charge in [-0.2, -0.15) is 0 Å². The summed E-state index contributed by atoms with van der Waals surface area (Å²) in [6.45, 7) is 8.33. The smallest absolute Gasteiger partial charge is 0.0561 e. The number of aryl methyl sites for hydroxylation is 1. The molecule has 1 fully saturated rings. The maximum absolute atomic E-state index is 4.66. The molecule has 0 bridgehead atoms. The van der Waals surface area contributed by atoms with Crippen LogP contribution in [0.5, 0.6) is 0 Å². The minimum absolute atomic E-state index is 0.0188. The zero-order chi connectivity index (χ0) is 14.7. The van der Waals surface area contributed by atoms with E-state index in [9.17, 15) is 0 Å². The molecule has 1 aliphatic rings. The third-order valence-electron chi connectivity index (χ3n) is 4.42. The molecule has 1 aromatic heterocycles. The molecule has 21 heavy (non-hydrogen) atoms. The first-order valence-corrected chi connectivity index (χ1v) is 7.62. The van der Waals surface area contributed by atoms with Crippen LogP contribution < -0.4 is 5.32 Å². The monoisotopic (exact) mass is 281 g/mol. The summed E-state index contributed by atoms with van der Waals surface area (Å²) in [5.74, 6) is 0. The molecule has 0 saturated carbocycles. The molecule has 0 radical (unpaired) electrons. The molecular weight excluding hydrogens is 258 g/mol. The minimum atomic E-state index is 0.0188. The molecule has 110 valence electrons. The molecule has 0 amide bonds. The van der Waals surface area contributed by atoms with Crippen LogP contribution in [0, 0.1) is 6.92 Å². The van der Waals surface area contributed by atoms with Crippen molar-refractivity contribution in [3.05, 3.63) is 65.5 Å². The number of nitrogens with one attached hydrogen (secondary N) is 1. The Balaban J connectivity index is 1.88. The highest BCUT2D eigenvalue weighted by Crippen LogP contribution is 2.30. The Hall–Kier alpha value is -1.71. The van der Waals surface area contributed by atoms with Crippen molar-refractivity contribution in [2.75, 3.05) is 19.6 Å². The van der Waals surface area contributed by atoms with E-state index in [-0.39, 0.29) is 5.54 Å². The van der Waals surface area contributed by atoms with Crippen LogP contribution in [0.2, 0.25) is 0 Å². The quantitative estimate of drug-likeness (QED) is 0.937. The van der Waals surface area contributed by atoms with Crippen molar-refractivity contribution in [3.8, 4) is 0 Å². The van der Waals surface area contributed by atoms with Crippen molar-refractivity contribution >= 4 is 0 Å². The van der Waals surface area contributed by atoms with Gasteiger partial charge in [0, 0.05) is 31.9 Å². The Morgan fingerprint density at radius 2 is 1.95 bits per heavy atom. The van der Waals surface area contributed by atoms with Gasteiger partial charge in [0.25, 0.3) is 0 Å². The third kappa shape index (κ3) is 2.99. The molecule has 3 rings (SSSR count). The van der Waals surface area contributed by atoms with Gasteiger partial charge in [-0.15, -0.1) is 0 Å². The minimum Gasteiger partial charge on any atom is -0.313 e. The zero-order valence-electron chi connectivity index (χ0n) is 12.8. The van der Waals surface area contributed by atoms with E-state index in [1.54, 1.807) is 0 Å². The molecule has 2 heterocycles. The van der Waals surface area contributed by atoms with Gasteiger partial charge in [-0.3, -0.25) is 9.88 Å². The number of rotatable bonds is 3. The predicted molar refractivity (Wildman–Crippen MR) is 86.0 cm³/mol. The Bertz CT molecular complexity index is 596. The average molecular weight is 281 g/mol. The number of piperazine rings is 1. The SMILES string of the molecule is Cc1cccc(CN2CCNCC2(C)c2ccccc2)n1. The lowest BCUT2D eigenvalue weighted by Gasteiger charge is -2.45. The average Bonchev–Trinajstić information content (AvgIpc) is 2.51. The fourth-order valence-electron chi connectivity index (χ4n) is 3.12. The first kappa shape index (κ1) is 14.2. The highest BCUT2D eigenvalue weighted by molar-refractivity contribution is 5.25. The molecule has 0 aliphatic carbocycles. The van der Waals surface area contributed by atoms with Crippen LogP contribution in [-0.4, -0.2) is 29.5 Å². The second-order valence-corrected chi connectivity index (χ2v) is 6.01. The lowest BCUT2D eigenvalue weighted by molar-refractivity contribution is 0.0637. The highest BCUT2D eigenvalue weighted by atomic mass is 15.3. The van der Waals surface area contributed by atoms with Gasteiger partial charge < -0.3 is 5.32 Å². The van der Waals surface area contributed by atoms with Crippen LogP contribution in [0.25, 0.3) is 0 Å². The molecule has 3 nitrogen and oxygen atoms in total. The number of benzene rings is 1. The highest BCUT2D eigenvalue weighted by Gasteiger charge is 2.35. The summed E-state index contributed by atoms with van der Waals surface area (Å²) in [7, 11) is 0. The van der Waals surface area contributed by atoms with Crippen LogP contribution in [0.3, 0.4) is 0 Å². The van der Waals surface area contributed by atoms with Crippen molar-refractivity contribution in [2.45, 2.75) is 25.9 Å². The summed E-state index contributed by atoms with van der Waals surface area (Å²) < 4.78 is 0. The van der Waals surface area contributed by atoms with Crippen LogP contribution in [0.1, 0.15) is 23.9 Å². The fourth-order valence-corrected chi connectivity index (χ4v) is 3.12. The van der Waals surface area contributed by atoms with E-state index in [2.05, 4.69) is 77.6 Å². The molecule has 3 heteroatoms. The largest absolute Gasteiger partial charge is 0.313 e. The fraction of sp³-hybridized carbons (Fsp3) is 0.389. The van der Waals surface area contributed by atoms with Crippen molar-refractivity contribution in [3.63, 3.8) is 0 Å². The van der Waals surface area contributed by atoms with E-state index in [1.807, 2.05) is 0 Å². The summed E-state index contributed by atoms with van der Waals surface area (Å²) in [5.41, 5.74) is 3.62. The Labute approximate surface area is 127 Å². The van der Waals surface area contributed by atoms with Crippen molar-refractivity contribution in [1.29, 1.82) is 0 Å². The molecule has 1 unspecified atom stereocenters. The summed E-state index contributed by atoms with van der Waals surface area (Å²) in [6, 6.07) is 17.1. The first-order chi connectivity index (χ1) is 10.2. The first-order valence-electron chi connectivity index (χ1n) is 7.62. The maximum atomic E-state index is 4.66. The standard InChI is InChI=1S/C18H23N3/c1-15-7-6-10-17(20-15)13-21-12-11-19-14-18(21,2)16-8-4-3-5-9-16/h3-10,19H,11-14H2,1-2H3.